The normalized spacial score (nSPS) is 12.3. The van der Waals surface area contributed by atoms with Gasteiger partial charge < -0.3 is 5.32 Å². The van der Waals surface area contributed by atoms with Crippen LogP contribution in [0.5, 0.6) is 0 Å². The van der Waals surface area contributed by atoms with Crippen molar-refractivity contribution in [3.05, 3.63) is 59.7 Å². The zero-order chi connectivity index (χ0) is 10.9. The van der Waals surface area contributed by atoms with Crippen LogP contribution >= 0.6 is 0 Å². The maximum Gasteiger partial charge on any atom is 0.0208 e. The summed E-state index contributed by atoms with van der Waals surface area (Å²) in [6.07, 6.45) is 6.34. The summed E-state index contributed by atoms with van der Waals surface area (Å²) in [5, 5.41) is 3.42. The topological polar surface area (TPSA) is 12.0 Å². The first-order valence-corrected chi connectivity index (χ1v) is 5.39. The standard InChI is InChI=1S/C14H19N/c1-3-8-13(4-2)11-15-12-14-9-6-5-7-10-14/h3-10,15H,11-12H2,1-2H3/b8-3-,13-4+. The summed E-state index contributed by atoms with van der Waals surface area (Å²) in [5.74, 6) is 0. The molecule has 80 valence electrons. The van der Waals surface area contributed by atoms with Gasteiger partial charge in [-0.25, -0.2) is 0 Å². The second-order valence-electron chi connectivity index (χ2n) is 3.45. The molecule has 1 N–H and O–H groups in total. The zero-order valence-corrected chi connectivity index (χ0v) is 9.53. The molecule has 0 atom stereocenters. The third kappa shape index (κ3) is 4.61. The van der Waals surface area contributed by atoms with Crippen LogP contribution in [0.4, 0.5) is 0 Å². The van der Waals surface area contributed by atoms with Gasteiger partial charge in [-0.2, -0.15) is 0 Å². The Balaban J connectivity index is 2.33. The molecule has 0 aliphatic heterocycles. The molecule has 0 heterocycles. The van der Waals surface area contributed by atoms with E-state index in [0.29, 0.717) is 0 Å². The minimum Gasteiger partial charge on any atom is -0.309 e. The Bertz CT molecular complexity index is 322. The number of allylic oxidation sites excluding steroid dienone is 2. The Morgan fingerprint density at radius 3 is 2.53 bits per heavy atom. The minimum absolute atomic E-state index is 0.926. The predicted molar refractivity (Wildman–Crippen MR) is 66.7 cm³/mol. The third-order valence-electron chi connectivity index (χ3n) is 2.25. The SMILES string of the molecule is C/C=C\C(=C/C)CNCc1ccccc1. The number of rotatable bonds is 5. The second-order valence-corrected chi connectivity index (χ2v) is 3.45. The van der Waals surface area contributed by atoms with Crippen LogP contribution in [0.15, 0.2) is 54.1 Å². The molecular weight excluding hydrogens is 182 g/mol. The highest BCUT2D eigenvalue weighted by Crippen LogP contribution is 1.99. The van der Waals surface area contributed by atoms with E-state index in [4.69, 9.17) is 0 Å². The van der Waals surface area contributed by atoms with Crippen LogP contribution in [-0.2, 0) is 6.54 Å². The Hall–Kier alpha value is -1.34. The van der Waals surface area contributed by atoms with Crippen molar-refractivity contribution in [2.75, 3.05) is 6.54 Å². The number of nitrogens with one attached hydrogen (secondary N) is 1. The van der Waals surface area contributed by atoms with Gasteiger partial charge in [0.25, 0.3) is 0 Å². The third-order valence-corrected chi connectivity index (χ3v) is 2.25. The van der Waals surface area contributed by atoms with E-state index in [1.165, 1.54) is 11.1 Å². The van der Waals surface area contributed by atoms with Gasteiger partial charge in [-0.15, -0.1) is 0 Å². The van der Waals surface area contributed by atoms with Crippen molar-refractivity contribution in [2.24, 2.45) is 0 Å². The van der Waals surface area contributed by atoms with Crippen molar-refractivity contribution >= 4 is 0 Å². The van der Waals surface area contributed by atoms with Gasteiger partial charge in [-0.3, -0.25) is 0 Å². The molecule has 0 fully saturated rings. The minimum atomic E-state index is 0.926. The number of benzene rings is 1. The van der Waals surface area contributed by atoms with E-state index >= 15 is 0 Å². The molecule has 0 aliphatic carbocycles. The first-order chi connectivity index (χ1) is 7.36. The van der Waals surface area contributed by atoms with Crippen LogP contribution in [0.25, 0.3) is 0 Å². The highest BCUT2D eigenvalue weighted by Gasteiger charge is 1.92. The lowest BCUT2D eigenvalue weighted by Gasteiger charge is -2.05. The Labute approximate surface area is 92.5 Å². The van der Waals surface area contributed by atoms with E-state index < -0.39 is 0 Å². The highest BCUT2D eigenvalue weighted by atomic mass is 14.8. The van der Waals surface area contributed by atoms with E-state index in [1.54, 1.807) is 0 Å². The largest absolute Gasteiger partial charge is 0.309 e. The molecule has 0 spiro atoms. The molecule has 0 saturated carbocycles. The van der Waals surface area contributed by atoms with Crippen molar-refractivity contribution in [3.8, 4) is 0 Å². The molecule has 0 aromatic heterocycles. The number of hydrogen-bond donors (Lipinski definition) is 1. The molecule has 1 rings (SSSR count). The molecule has 0 amide bonds. The first kappa shape index (κ1) is 11.7. The smallest absolute Gasteiger partial charge is 0.0208 e. The maximum atomic E-state index is 3.42. The molecule has 1 nitrogen and oxygen atoms in total. The van der Waals surface area contributed by atoms with Gasteiger partial charge in [0.05, 0.1) is 0 Å². The molecule has 1 aromatic carbocycles. The van der Waals surface area contributed by atoms with Crippen LogP contribution in [0.1, 0.15) is 19.4 Å². The Kier molecular flexibility index (Phi) is 5.49. The average Bonchev–Trinajstić information content (AvgIpc) is 2.29. The summed E-state index contributed by atoms with van der Waals surface area (Å²) in [6.45, 7) is 5.96. The highest BCUT2D eigenvalue weighted by molar-refractivity contribution is 5.19. The summed E-state index contributed by atoms with van der Waals surface area (Å²) in [7, 11) is 0. The van der Waals surface area contributed by atoms with E-state index in [1.807, 2.05) is 13.0 Å². The van der Waals surface area contributed by atoms with Crippen molar-refractivity contribution in [1.82, 2.24) is 5.32 Å². The Morgan fingerprint density at radius 1 is 1.20 bits per heavy atom. The van der Waals surface area contributed by atoms with Crippen molar-refractivity contribution < 1.29 is 0 Å². The van der Waals surface area contributed by atoms with Gasteiger partial charge in [-0.05, 0) is 25.0 Å². The molecule has 0 bridgehead atoms. The van der Waals surface area contributed by atoms with E-state index in [2.05, 4.69) is 54.7 Å². The summed E-state index contributed by atoms with van der Waals surface area (Å²) < 4.78 is 0. The van der Waals surface area contributed by atoms with Crippen molar-refractivity contribution in [1.29, 1.82) is 0 Å². The fraction of sp³-hybridized carbons (Fsp3) is 0.286. The number of hydrogen-bond acceptors (Lipinski definition) is 1. The molecular formula is C14H19N. The van der Waals surface area contributed by atoms with Gasteiger partial charge in [0.2, 0.25) is 0 Å². The predicted octanol–water partition coefficient (Wildman–Crippen LogP) is 3.30. The van der Waals surface area contributed by atoms with Crippen LogP contribution in [0.2, 0.25) is 0 Å². The lowest BCUT2D eigenvalue weighted by atomic mass is 10.2. The Morgan fingerprint density at radius 2 is 1.93 bits per heavy atom. The molecule has 0 unspecified atom stereocenters. The van der Waals surface area contributed by atoms with Gasteiger partial charge in [-0.1, -0.05) is 48.6 Å². The van der Waals surface area contributed by atoms with Gasteiger partial charge in [0, 0.05) is 13.1 Å². The fourth-order valence-corrected chi connectivity index (χ4v) is 1.42. The summed E-state index contributed by atoms with van der Waals surface area (Å²) in [4.78, 5) is 0. The van der Waals surface area contributed by atoms with Crippen LogP contribution in [-0.4, -0.2) is 6.54 Å². The summed E-state index contributed by atoms with van der Waals surface area (Å²) in [6, 6.07) is 10.5. The van der Waals surface area contributed by atoms with Crippen LogP contribution in [0, 0.1) is 0 Å². The van der Waals surface area contributed by atoms with E-state index in [0.717, 1.165) is 13.1 Å². The van der Waals surface area contributed by atoms with Gasteiger partial charge in [0.15, 0.2) is 0 Å². The zero-order valence-electron chi connectivity index (χ0n) is 9.53. The molecule has 1 aromatic rings. The molecule has 15 heavy (non-hydrogen) atoms. The van der Waals surface area contributed by atoms with Crippen molar-refractivity contribution in [3.63, 3.8) is 0 Å². The summed E-state index contributed by atoms with van der Waals surface area (Å²) >= 11 is 0. The molecule has 1 heteroatoms. The molecule has 0 saturated heterocycles. The maximum absolute atomic E-state index is 3.42. The van der Waals surface area contributed by atoms with Crippen LogP contribution < -0.4 is 5.32 Å². The fourth-order valence-electron chi connectivity index (χ4n) is 1.42. The monoisotopic (exact) mass is 201 g/mol. The van der Waals surface area contributed by atoms with Crippen molar-refractivity contribution in [2.45, 2.75) is 20.4 Å². The molecule has 0 radical (unpaired) electrons. The van der Waals surface area contributed by atoms with Crippen LogP contribution in [0.3, 0.4) is 0 Å². The lowest BCUT2D eigenvalue weighted by Crippen LogP contribution is -2.15. The van der Waals surface area contributed by atoms with Gasteiger partial charge >= 0.3 is 0 Å². The quantitative estimate of drug-likeness (QED) is 0.721. The average molecular weight is 201 g/mol. The first-order valence-electron chi connectivity index (χ1n) is 5.39. The second kappa shape index (κ2) is 7.02. The summed E-state index contributed by atoms with van der Waals surface area (Å²) in [5.41, 5.74) is 2.65. The van der Waals surface area contributed by atoms with E-state index in [-0.39, 0.29) is 0 Å². The molecule has 0 aliphatic rings. The lowest BCUT2D eigenvalue weighted by molar-refractivity contribution is 0.746. The van der Waals surface area contributed by atoms with E-state index in [9.17, 15) is 0 Å². The van der Waals surface area contributed by atoms with Gasteiger partial charge in [0.1, 0.15) is 0 Å².